The van der Waals surface area contributed by atoms with E-state index in [1.807, 2.05) is 10.9 Å². The van der Waals surface area contributed by atoms with Crippen molar-refractivity contribution in [1.82, 2.24) is 10.9 Å². The smallest absolute Gasteiger partial charge is 0.271 e. The number of nitrogens with two attached hydrogens (primary N) is 2. The standard InChI is InChI=1S/C8H11N5O4/c9-11-7(14)4-1-2-5(8(15)12-10)6(3-4)13(16)17/h1-3,13,16H,9-10H2,(H,11,14)(H,12,15). The van der Waals surface area contributed by atoms with Gasteiger partial charge in [0.2, 0.25) is 0 Å². The minimum absolute atomic E-state index is 0.0264. The molecule has 0 saturated heterocycles. The molecule has 17 heavy (non-hydrogen) atoms. The van der Waals surface area contributed by atoms with Gasteiger partial charge in [-0.05, 0) is 12.1 Å². The molecular formula is C8H11N5O4. The molecule has 1 atom stereocenters. The van der Waals surface area contributed by atoms with Crippen LogP contribution < -0.4 is 27.8 Å². The summed E-state index contributed by atoms with van der Waals surface area (Å²) in [7, 11) is 0. The van der Waals surface area contributed by atoms with Crippen LogP contribution in [0.2, 0.25) is 0 Å². The third kappa shape index (κ3) is 2.75. The molecule has 0 radical (unpaired) electrons. The first-order valence-corrected chi connectivity index (χ1v) is 4.40. The maximum Gasteiger partial charge on any atom is 0.271 e. The number of nitrogens with one attached hydrogen (secondary N) is 3. The molecule has 0 heterocycles. The molecule has 0 aromatic heterocycles. The fourth-order valence-corrected chi connectivity index (χ4v) is 1.22. The van der Waals surface area contributed by atoms with Gasteiger partial charge < -0.3 is 5.21 Å². The molecule has 1 rings (SSSR count). The lowest BCUT2D eigenvalue weighted by Crippen LogP contribution is -2.99. The average Bonchev–Trinajstić information content (AvgIpc) is 2.35. The number of hydrogen-bond donors (Lipinski definition) is 6. The van der Waals surface area contributed by atoms with E-state index in [0.717, 1.165) is 6.07 Å². The number of benzene rings is 1. The summed E-state index contributed by atoms with van der Waals surface area (Å²) in [6.45, 7) is 0. The Hall–Kier alpha value is -2.04. The first-order chi connectivity index (χ1) is 8.01. The number of nitrogen functional groups attached to an aromatic ring is 2. The van der Waals surface area contributed by atoms with Crippen LogP contribution in [-0.4, -0.2) is 17.0 Å². The first kappa shape index (κ1) is 13.0. The van der Waals surface area contributed by atoms with Gasteiger partial charge in [0, 0.05) is 11.6 Å². The highest BCUT2D eigenvalue weighted by Gasteiger charge is 2.18. The van der Waals surface area contributed by atoms with Crippen LogP contribution in [0.3, 0.4) is 0 Å². The summed E-state index contributed by atoms with van der Waals surface area (Å²) in [5.74, 6) is 8.39. The molecule has 9 nitrogen and oxygen atoms in total. The van der Waals surface area contributed by atoms with Crippen molar-refractivity contribution < 1.29 is 20.0 Å². The Morgan fingerprint density at radius 2 is 1.82 bits per heavy atom. The van der Waals surface area contributed by atoms with Crippen molar-refractivity contribution in [3.63, 3.8) is 0 Å². The second-order valence-corrected chi connectivity index (χ2v) is 3.01. The molecule has 0 bridgehead atoms. The number of hydrogen-bond acceptors (Lipinski definition) is 6. The van der Waals surface area contributed by atoms with Gasteiger partial charge in [0.15, 0.2) is 5.69 Å². The third-order valence-electron chi connectivity index (χ3n) is 2.02. The molecule has 1 aromatic carbocycles. The Kier molecular flexibility index (Phi) is 4.09. The minimum atomic E-state index is -1.35. The molecule has 9 heteroatoms. The van der Waals surface area contributed by atoms with Crippen molar-refractivity contribution in [2.75, 3.05) is 0 Å². The van der Waals surface area contributed by atoms with Gasteiger partial charge in [0.1, 0.15) is 5.56 Å². The van der Waals surface area contributed by atoms with Crippen LogP contribution in [-0.2, 0) is 0 Å². The zero-order chi connectivity index (χ0) is 13.0. The maximum absolute atomic E-state index is 11.3. The van der Waals surface area contributed by atoms with E-state index in [-0.39, 0.29) is 16.8 Å². The van der Waals surface area contributed by atoms with Crippen molar-refractivity contribution in [2.45, 2.75) is 0 Å². The monoisotopic (exact) mass is 241 g/mol. The lowest BCUT2D eigenvalue weighted by molar-refractivity contribution is -0.991. The Morgan fingerprint density at radius 1 is 1.24 bits per heavy atom. The molecule has 0 aliphatic carbocycles. The Bertz CT molecular complexity index is 448. The summed E-state index contributed by atoms with van der Waals surface area (Å²) in [5, 5.41) is 18.5. The number of quaternary nitrogens is 1. The van der Waals surface area contributed by atoms with Crippen LogP contribution in [0.25, 0.3) is 0 Å². The van der Waals surface area contributed by atoms with Gasteiger partial charge >= 0.3 is 0 Å². The van der Waals surface area contributed by atoms with Crippen molar-refractivity contribution in [2.24, 2.45) is 11.7 Å². The fourth-order valence-electron chi connectivity index (χ4n) is 1.22. The van der Waals surface area contributed by atoms with Crippen LogP contribution in [0.1, 0.15) is 20.7 Å². The predicted molar refractivity (Wildman–Crippen MR) is 55.5 cm³/mol. The van der Waals surface area contributed by atoms with E-state index in [2.05, 4.69) is 0 Å². The summed E-state index contributed by atoms with van der Waals surface area (Å²) in [6, 6.07) is 3.48. The normalized spacial score (nSPS) is 11.8. The highest BCUT2D eigenvalue weighted by molar-refractivity contribution is 6.00. The quantitative estimate of drug-likeness (QED) is 0.192. The largest absolute Gasteiger partial charge is 0.595 e. The molecular weight excluding hydrogens is 230 g/mol. The van der Waals surface area contributed by atoms with Crippen molar-refractivity contribution in [1.29, 1.82) is 0 Å². The predicted octanol–water partition coefficient (Wildman–Crippen LogP) is -2.70. The first-order valence-electron chi connectivity index (χ1n) is 4.40. The molecule has 1 aromatic rings. The number of carbonyl (C=O) groups excluding carboxylic acids is 2. The van der Waals surface area contributed by atoms with E-state index in [9.17, 15) is 14.8 Å². The van der Waals surface area contributed by atoms with E-state index in [1.165, 1.54) is 12.1 Å². The zero-order valence-electron chi connectivity index (χ0n) is 8.56. The molecule has 0 spiro atoms. The maximum atomic E-state index is 11.3. The van der Waals surface area contributed by atoms with E-state index < -0.39 is 17.0 Å². The molecule has 2 amide bonds. The van der Waals surface area contributed by atoms with Crippen LogP contribution in [0.15, 0.2) is 18.2 Å². The van der Waals surface area contributed by atoms with Gasteiger partial charge in [-0.3, -0.25) is 20.4 Å². The van der Waals surface area contributed by atoms with Crippen molar-refractivity contribution >= 4 is 17.5 Å². The summed E-state index contributed by atoms with van der Waals surface area (Å²) in [5.41, 5.74) is 3.21. The molecule has 0 saturated carbocycles. The molecule has 0 aliphatic heterocycles. The average molecular weight is 241 g/mol. The van der Waals surface area contributed by atoms with Gasteiger partial charge in [0.05, 0.1) is 0 Å². The molecule has 8 N–H and O–H groups in total. The number of carbonyl (C=O) groups is 2. The summed E-state index contributed by atoms with van der Waals surface area (Å²) >= 11 is 0. The van der Waals surface area contributed by atoms with Gasteiger partial charge in [-0.15, -0.1) is 0 Å². The second kappa shape index (κ2) is 5.34. The lowest BCUT2D eigenvalue weighted by atomic mass is 10.1. The van der Waals surface area contributed by atoms with E-state index >= 15 is 0 Å². The summed E-state index contributed by atoms with van der Waals surface area (Å²) in [4.78, 5) is 22.4. The number of hydrazine groups is 2. The van der Waals surface area contributed by atoms with E-state index in [0.29, 0.717) is 0 Å². The fraction of sp³-hybridized carbons (Fsp3) is 0. The summed E-state index contributed by atoms with van der Waals surface area (Å²) in [6.07, 6.45) is 0. The van der Waals surface area contributed by atoms with E-state index in [1.54, 1.807) is 0 Å². The molecule has 0 fully saturated rings. The van der Waals surface area contributed by atoms with Gasteiger partial charge in [-0.2, -0.15) is 5.23 Å². The zero-order valence-corrected chi connectivity index (χ0v) is 8.56. The van der Waals surface area contributed by atoms with Crippen LogP contribution in [0, 0.1) is 5.21 Å². The Morgan fingerprint density at radius 3 is 2.29 bits per heavy atom. The van der Waals surface area contributed by atoms with Gasteiger partial charge in [-0.25, -0.2) is 16.9 Å². The minimum Gasteiger partial charge on any atom is -0.595 e. The second-order valence-electron chi connectivity index (χ2n) is 3.01. The Labute approximate surface area is 95.5 Å². The van der Waals surface area contributed by atoms with Gasteiger partial charge in [-0.1, -0.05) is 0 Å². The van der Waals surface area contributed by atoms with Crippen LogP contribution in [0.5, 0.6) is 0 Å². The van der Waals surface area contributed by atoms with Crippen molar-refractivity contribution in [3.8, 4) is 0 Å². The number of amides is 2. The molecule has 0 aliphatic rings. The highest BCUT2D eigenvalue weighted by atomic mass is 16.8. The summed E-state index contributed by atoms with van der Waals surface area (Å²) < 4.78 is 0. The lowest BCUT2D eigenvalue weighted by Gasteiger charge is -2.15. The van der Waals surface area contributed by atoms with Crippen LogP contribution in [0.4, 0.5) is 5.69 Å². The van der Waals surface area contributed by atoms with Crippen molar-refractivity contribution in [3.05, 3.63) is 34.5 Å². The molecule has 92 valence electrons. The van der Waals surface area contributed by atoms with Crippen LogP contribution >= 0.6 is 0 Å². The van der Waals surface area contributed by atoms with Gasteiger partial charge in [0.25, 0.3) is 11.8 Å². The highest BCUT2D eigenvalue weighted by Crippen LogP contribution is 2.13. The molecule has 1 unspecified atom stereocenters. The topological polar surface area (TPSA) is 158 Å². The van der Waals surface area contributed by atoms with E-state index in [4.69, 9.17) is 16.9 Å². The number of rotatable bonds is 3. The third-order valence-corrected chi connectivity index (χ3v) is 2.02. The Balaban J connectivity index is 3.26. The SMILES string of the molecule is NNC(=O)c1ccc(C(=O)NN)c([NH+]([O-])O)c1.